The Morgan fingerprint density at radius 2 is 1.88 bits per heavy atom. The second kappa shape index (κ2) is 7.74. The van der Waals surface area contributed by atoms with Crippen LogP contribution in [0.25, 0.3) is 10.9 Å². The number of rotatable bonds is 5. The van der Waals surface area contributed by atoms with Crippen LogP contribution in [0.5, 0.6) is 0 Å². The summed E-state index contributed by atoms with van der Waals surface area (Å²) in [6.45, 7) is 6.18. The van der Waals surface area contributed by atoms with Gasteiger partial charge in [-0.1, -0.05) is 42.1 Å². The maximum atomic E-state index is 12.7. The van der Waals surface area contributed by atoms with Gasteiger partial charge in [0.05, 0.1) is 16.2 Å². The monoisotopic (exact) mass is 367 g/mol. The van der Waals surface area contributed by atoms with Gasteiger partial charge < -0.3 is 5.32 Å². The number of carbonyl (C=O) groups is 1. The van der Waals surface area contributed by atoms with Gasteiger partial charge in [-0.15, -0.1) is 0 Å². The number of hydrogen-bond acceptors (Lipinski definition) is 4. The highest BCUT2D eigenvalue weighted by Crippen LogP contribution is 2.24. The van der Waals surface area contributed by atoms with Crippen molar-refractivity contribution in [2.45, 2.75) is 37.7 Å². The first-order chi connectivity index (χ1) is 12.5. The predicted octanol–water partition coefficient (Wildman–Crippen LogP) is 3.84. The van der Waals surface area contributed by atoms with Crippen molar-refractivity contribution in [3.63, 3.8) is 0 Å². The van der Waals surface area contributed by atoms with Crippen LogP contribution in [0.15, 0.2) is 58.5 Å². The van der Waals surface area contributed by atoms with Crippen molar-refractivity contribution in [1.82, 2.24) is 9.55 Å². The lowest BCUT2D eigenvalue weighted by Gasteiger charge is -2.16. The van der Waals surface area contributed by atoms with Gasteiger partial charge in [0.2, 0.25) is 5.91 Å². The van der Waals surface area contributed by atoms with E-state index in [-0.39, 0.29) is 16.7 Å². The van der Waals surface area contributed by atoms with Crippen molar-refractivity contribution >= 4 is 34.3 Å². The lowest BCUT2D eigenvalue weighted by atomic mass is 10.2. The smallest absolute Gasteiger partial charge is 0.262 e. The van der Waals surface area contributed by atoms with Gasteiger partial charge in [0.15, 0.2) is 5.16 Å². The van der Waals surface area contributed by atoms with E-state index in [9.17, 15) is 9.59 Å². The maximum Gasteiger partial charge on any atom is 0.262 e. The second-order valence-electron chi connectivity index (χ2n) is 6.03. The first-order valence-corrected chi connectivity index (χ1v) is 9.42. The van der Waals surface area contributed by atoms with E-state index in [0.29, 0.717) is 22.6 Å². The molecule has 0 saturated heterocycles. The van der Waals surface area contributed by atoms with Crippen LogP contribution in [0.3, 0.4) is 0 Å². The van der Waals surface area contributed by atoms with Crippen LogP contribution in [0.4, 0.5) is 5.69 Å². The van der Waals surface area contributed by atoms with Crippen molar-refractivity contribution in [1.29, 1.82) is 0 Å². The van der Waals surface area contributed by atoms with Crippen molar-refractivity contribution in [2.24, 2.45) is 0 Å². The SMILES string of the molecule is CCn1c(SC(C)C(=O)Nc2ccccc2C)nc2ccccc2c1=O. The van der Waals surface area contributed by atoms with E-state index in [1.165, 1.54) is 11.8 Å². The number of para-hydroxylation sites is 2. The van der Waals surface area contributed by atoms with E-state index in [0.717, 1.165) is 11.3 Å². The molecule has 3 aromatic rings. The molecule has 26 heavy (non-hydrogen) atoms. The number of thioether (sulfide) groups is 1. The molecular formula is C20H21N3O2S. The molecule has 1 atom stereocenters. The van der Waals surface area contributed by atoms with E-state index in [1.807, 2.05) is 63.2 Å². The number of hydrogen-bond donors (Lipinski definition) is 1. The molecule has 0 saturated carbocycles. The Morgan fingerprint density at radius 1 is 1.19 bits per heavy atom. The largest absolute Gasteiger partial charge is 0.325 e. The average molecular weight is 367 g/mol. The molecule has 0 aliphatic carbocycles. The molecule has 1 N–H and O–H groups in total. The lowest BCUT2D eigenvalue weighted by Crippen LogP contribution is -2.26. The summed E-state index contributed by atoms with van der Waals surface area (Å²) in [5.41, 5.74) is 2.37. The van der Waals surface area contributed by atoms with Crippen LogP contribution in [0.2, 0.25) is 0 Å². The van der Waals surface area contributed by atoms with Gasteiger partial charge in [-0.3, -0.25) is 14.2 Å². The summed E-state index contributed by atoms with van der Waals surface area (Å²) >= 11 is 1.30. The molecule has 0 bridgehead atoms. The van der Waals surface area contributed by atoms with Gasteiger partial charge in [0.1, 0.15) is 0 Å². The molecule has 0 aliphatic heterocycles. The maximum absolute atomic E-state index is 12.7. The normalized spacial score (nSPS) is 12.1. The van der Waals surface area contributed by atoms with Crippen LogP contribution < -0.4 is 10.9 Å². The fourth-order valence-electron chi connectivity index (χ4n) is 2.68. The molecule has 0 aliphatic rings. The Balaban J connectivity index is 1.87. The lowest BCUT2D eigenvalue weighted by molar-refractivity contribution is -0.115. The Bertz CT molecular complexity index is 1010. The van der Waals surface area contributed by atoms with Gasteiger partial charge in [-0.2, -0.15) is 0 Å². The topological polar surface area (TPSA) is 64.0 Å². The zero-order valence-corrected chi connectivity index (χ0v) is 15.8. The van der Waals surface area contributed by atoms with Crippen molar-refractivity contribution in [3.05, 3.63) is 64.4 Å². The first kappa shape index (κ1) is 18.2. The summed E-state index contributed by atoms with van der Waals surface area (Å²) in [5.74, 6) is -0.116. The summed E-state index contributed by atoms with van der Waals surface area (Å²) in [6, 6.07) is 14.9. The Hall–Kier alpha value is -2.60. The number of carbonyl (C=O) groups excluding carboxylic acids is 1. The highest BCUT2D eigenvalue weighted by Gasteiger charge is 2.19. The highest BCUT2D eigenvalue weighted by molar-refractivity contribution is 8.00. The van der Waals surface area contributed by atoms with E-state index >= 15 is 0 Å². The number of nitrogens with one attached hydrogen (secondary N) is 1. The van der Waals surface area contributed by atoms with Gasteiger partial charge in [-0.25, -0.2) is 4.98 Å². The van der Waals surface area contributed by atoms with Crippen LogP contribution >= 0.6 is 11.8 Å². The summed E-state index contributed by atoms with van der Waals surface area (Å²) in [7, 11) is 0. The van der Waals surface area contributed by atoms with E-state index in [2.05, 4.69) is 10.3 Å². The summed E-state index contributed by atoms with van der Waals surface area (Å²) < 4.78 is 1.62. The van der Waals surface area contributed by atoms with Crippen molar-refractivity contribution in [3.8, 4) is 0 Å². The third kappa shape index (κ3) is 3.65. The first-order valence-electron chi connectivity index (χ1n) is 8.54. The number of aromatic nitrogens is 2. The van der Waals surface area contributed by atoms with E-state index < -0.39 is 0 Å². The molecule has 3 rings (SSSR count). The molecule has 5 nitrogen and oxygen atoms in total. The second-order valence-corrected chi connectivity index (χ2v) is 7.33. The molecule has 1 amide bonds. The van der Waals surface area contributed by atoms with Crippen LogP contribution in [-0.2, 0) is 11.3 Å². The van der Waals surface area contributed by atoms with Crippen molar-refractivity contribution in [2.75, 3.05) is 5.32 Å². The third-order valence-corrected chi connectivity index (χ3v) is 5.29. The predicted molar refractivity (Wildman–Crippen MR) is 107 cm³/mol. The van der Waals surface area contributed by atoms with E-state index in [4.69, 9.17) is 0 Å². The number of anilines is 1. The molecule has 0 spiro atoms. The number of nitrogens with zero attached hydrogens (tertiary/aromatic N) is 2. The molecule has 0 radical (unpaired) electrons. The Morgan fingerprint density at radius 3 is 2.62 bits per heavy atom. The molecule has 1 unspecified atom stereocenters. The summed E-state index contributed by atoms with van der Waals surface area (Å²) in [4.78, 5) is 29.8. The molecular weight excluding hydrogens is 346 g/mol. The van der Waals surface area contributed by atoms with Crippen LogP contribution in [0.1, 0.15) is 19.4 Å². The highest BCUT2D eigenvalue weighted by atomic mass is 32.2. The van der Waals surface area contributed by atoms with Gasteiger partial charge in [-0.05, 0) is 44.5 Å². The minimum absolute atomic E-state index is 0.0767. The summed E-state index contributed by atoms with van der Waals surface area (Å²) in [5, 5.41) is 3.71. The Kier molecular flexibility index (Phi) is 5.42. The van der Waals surface area contributed by atoms with Gasteiger partial charge >= 0.3 is 0 Å². The number of amides is 1. The minimum atomic E-state index is -0.388. The number of fused-ring (bicyclic) bond motifs is 1. The molecule has 0 fully saturated rings. The van der Waals surface area contributed by atoms with E-state index in [1.54, 1.807) is 10.6 Å². The van der Waals surface area contributed by atoms with Gasteiger partial charge in [0, 0.05) is 12.2 Å². The molecule has 2 aromatic carbocycles. The fraction of sp³-hybridized carbons (Fsp3) is 0.250. The Labute approximate surface area is 156 Å². The fourth-order valence-corrected chi connectivity index (χ4v) is 3.65. The average Bonchev–Trinajstić information content (AvgIpc) is 2.64. The molecule has 134 valence electrons. The quantitative estimate of drug-likeness (QED) is 0.550. The van der Waals surface area contributed by atoms with Crippen molar-refractivity contribution < 1.29 is 4.79 Å². The standard InChI is InChI=1S/C20H21N3O2S/c1-4-23-19(25)15-10-6-8-12-17(15)22-20(23)26-14(3)18(24)21-16-11-7-5-9-13(16)2/h5-12,14H,4H2,1-3H3,(H,21,24). The molecule has 6 heteroatoms. The van der Waals surface area contributed by atoms with Gasteiger partial charge in [0.25, 0.3) is 5.56 Å². The zero-order chi connectivity index (χ0) is 18.7. The molecule has 1 aromatic heterocycles. The van der Waals surface area contributed by atoms with Crippen LogP contribution in [-0.4, -0.2) is 20.7 Å². The zero-order valence-electron chi connectivity index (χ0n) is 15.0. The third-order valence-electron chi connectivity index (χ3n) is 4.20. The minimum Gasteiger partial charge on any atom is -0.325 e. The molecule has 1 heterocycles. The van der Waals surface area contributed by atoms with Crippen LogP contribution in [0, 0.1) is 6.92 Å². The summed E-state index contributed by atoms with van der Waals surface area (Å²) in [6.07, 6.45) is 0. The number of aryl methyl sites for hydroxylation is 1. The number of benzene rings is 2.